The van der Waals surface area contributed by atoms with Gasteiger partial charge in [0.05, 0.1) is 0 Å². The first-order chi connectivity index (χ1) is 9.44. The van der Waals surface area contributed by atoms with E-state index in [-0.39, 0.29) is 0 Å². The van der Waals surface area contributed by atoms with E-state index in [9.17, 15) is 0 Å². The van der Waals surface area contributed by atoms with Crippen LogP contribution >= 0.6 is 0 Å². The van der Waals surface area contributed by atoms with Crippen molar-refractivity contribution < 1.29 is 9.47 Å². The van der Waals surface area contributed by atoms with Crippen LogP contribution < -0.4 is 14.8 Å². The molecule has 1 atom stereocenters. The van der Waals surface area contributed by atoms with Gasteiger partial charge in [0.1, 0.15) is 0 Å². The molecule has 0 aliphatic carbocycles. The summed E-state index contributed by atoms with van der Waals surface area (Å²) in [6.45, 7) is 10.6. The molecular formula is C17H27NO2. The minimum absolute atomic E-state index is 0.351. The molecule has 0 radical (unpaired) electrons. The summed E-state index contributed by atoms with van der Waals surface area (Å²) in [4.78, 5) is 0. The highest BCUT2D eigenvalue weighted by Gasteiger charge is 2.14. The van der Waals surface area contributed by atoms with Gasteiger partial charge in [0, 0.05) is 6.04 Å². The van der Waals surface area contributed by atoms with Crippen molar-refractivity contribution in [1.82, 2.24) is 5.32 Å². The summed E-state index contributed by atoms with van der Waals surface area (Å²) in [7, 11) is 0. The van der Waals surface area contributed by atoms with Crippen LogP contribution in [0.15, 0.2) is 18.2 Å². The Morgan fingerprint density at radius 2 is 1.95 bits per heavy atom. The second-order valence-corrected chi connectivity index (χ2v) is 6.89. The summed E-state index contributed by atoms with van der Waals surface area (Å²) in [5.74, 6) is 1.75. The molecule has 1 aromatic rings. The van der Waals surface area contributed by atoms with E-state index < -0.39 is 0 Å². The predicted molar refractivity (Wildman–Crippen MR) is 82.4 cm³/mol. The fourth-order valence-corrected chi connectivity index (χ4v) is 2.28. The summed E-state index contributed by atoms with van der Waals surface area (Å²) in [6.07, 6.45) is 3.42. The van der Waals surface area contributed by atoms with Gasteiger partial charge in [-0.3, -0.25) is 0 Å². The molecule has 112 valence electrons. The average Bonchev–Trinajstić information content (AvgIpc) is 2.82. The molecule has 1 N–H and O–H groups in total. The molecule has 0 fully saturated rings. The fourth-order valence-electron chi connectivity index (χ4n) is 2.28. The Kier molecular flexibility index (Phi) is 4.92. The Morgan fingerprint density at radius 3 is 2.70 bits per heavy atom. The number of ether oxygens (including phenoxy) is 2. The molecule has 2 rings (SSSR count). The molecule has 1 aliphatic heterocycles. The maximum atomic E-state index is 5.41. The number of benzene rings is 1. The first-order valence-corrected chi connectivity index (χ1v) is 7.56. The third kappa shape index (κ3) is 4.71. The van der Waals surface area contributed by atoms with E-state index in [2.05, 4.69) is 45.1 Å². The average molecular weight is 277 g/mol. The van der Waals surface area contributed by atoms with Gasteiger partial charge in [-0.15, -0.1) is 0 Å². The van der Waals surface area contributed by atoms with Crippen molar-refractivity contribution in [1.29, 1.82) is 0 Å². The zero-order valence-electron chi connectivity index (χ0n) is 13.2. The van der Waals surface area contributed by atoms with Crippen LogP contribution in [0.2, 0.25) is 0 Å². The molecule has 3 nitrogen and oxygen atoms in total. The molecular weight excluding hydrogens is 250 g/mol. The molecule has 1 aliphatic rings. The summed E-state index contributed by atoms with van der Waals surface area (Å²) in [5, 5.41) is 3.61. The first-order valence-electron chi connectivity index (χ1n) is 7.56. The van der Waals surface area contributed by atoms with Crippen LogP contribution in [0.3, 0.4) is 0 Å². The van der Waals surface area contributed by atoms with E-state index in [0.717, 1.165) is 30.9 Å². The van der Waals surface area contributed by atoms with Crippen molar-refractivity contribution in [2.75, 3.05) is 13.3 Å². The quantitative estimate of drug-likeness (QED) is 0.858. The van der Waals surface area contributed by atoms with Crippen LogP contribution in [-0.4, -0.2) is 19.4 Å². The molecule has 0 bridgehead atoms. The Labute approximate surface area is 122 Å². The lowest BCUT2D eigenvalue weighted by molar-refractivity contribution is 0.174. The maximum absolute atomic E-state index is 5.41. The van der Waals surface area contributed by atoms with Gasteiger partial charge in [-0.05, 0) is 55.8 Å². The van der Waals surface area contributed by atoms with Gasteiger partial charge in [0.25, 0.3) is 0 Å². The summed E-state index contributed by atoms with van der Waals surface area (Å²) in [5.41, 5.74) is 1.73. The normalized spacial score (nSPS) is 15.4. The van der Waals surface area contributed by atoms with Crippen molar-refractivity contribution in [2.45, 2.75) is 53.0 Å². The standard InChI is InChI=1S/C17H27NO2/c1-13(18-10-9-17(2,3)4)5-6-14-7-8-15-16(11-14)20-12-19-15/h7-8,11,13,18H,5-6,9-10,12H2,1-4H3. The highest BCUT2D eigenvalue weighted by atomic mass is 16.7. The number of hydrogen-bond donors (Lipinski definition) is 1. The number of aryl methyl sites for hydroxylation is 1. The maximum Gasteiger partial charge on any atom is 0.231 e. The third-order valence-electron chi connectivity index (χ3n) is 3.67. The van der Waals surface area contributed by atoms with Crippen molar-refractivity contribution in [3.05, 3.63) is 23.8 Å². The predicted octanol–water partition coefficient (Wildman–Crippen LogP) is 3.76. The zero-order chi connectivity index (χ0) is 14.6. The largest absolute Gasteiger partial charge is 0.454 e. The van der Waals surface area contributed by atoms with Crippen molar-refractivity contribution in [3.63, 3.8) is 0 Å². The van der Waals surface area contributed by atoms with Gasteiger partial charge >= 0.3 is 0 Å². The van der Waals surface area contributed by atoms with Crippen LogP contribution in [0.25, 0.3) is 0 Å². The highest BCUT2D eigenvalue weighted by molar-refractivity contribution is 5.44. The van der Waals surface area contributed by atoms with Gasteiger partial charge in [0.15, 0.2) is 11.5 Å². The zero-order valence-corrected chi connectivity index (χ0v) is 13.2. The number of nitrogens with one attached hydrogen (secondary N) is 1. The van der Waals surface area contributed by atoms with E-state index in [1.807, 2.05) is 6.07 Å². The Morgan fingerprint density at radius 1 is 1.20 bits per heavy atom. The number of hydrogen-bond acceptors (Lipinski definition) is 3. The van der Waals surface area contributed by atoms with Gasteiger partial charge in [-0.2, -0.15) is 0 Å². The first kappa shape index (κ1) is 15.2. The third-order valence-corrected chi connectivity index (χ3v) is 3.67. The Balaban J connectivity index is 1.72. The van der Waals surface area contributed by atoms with Crippen LogP contribution in [0.1, 0.15) is 46.1 Å². The smallest absolute Gasteiger partial charge is 0.231 e. The molecule has 0 saturated carbocycles. The molecule has 1 unspecified atom stereocenters. The minimum atomic E-state index is 0.351. The molecule has 0 saturated heterocycles. The molecule has 0 aromatic heterocycles. The van der Waals surface area contributed by atoms with Crippen LogP contribution in [0, 0.1) is 5.41 Å². The van der Waals surface area contributed by atoms with E-state index in [0.29, 0.717) is 18.2 Å². The van der Waals surface area contributed by atoms with E-state index in [1.54, 1.807) is 0 Å². The van der Waals surface area contributed by atoms with Gasteiger partial charge in [0.2, 0.25) is 6.79 Å². The molecule has 0 amide bonds. The van der Waals surface area contributed by atoms with Gasteiger partial charge in [-0.1, -0.05) is 26.8 Å². The summed E-state index contributed by atoms with van der Waals surface area (Å²) >= 11 is 0. The molecule has 0 spiro atoms. The van der Waals surface area contributed by atoms with Gasteiger partial charge in [-0.25, -0.2) is 0 Å². The van der Waals surface area contributed by atoms with E-state index in [1.165, 1.54) is 12.0 Å². The van der Waals surface area contributed by atoms with Crippen molar-refractivity contribution in [3.8, 4) is 11.5 Å². The van der Waals surface area contributed by atoms with Crippen LogP contribution in [0.5, 0.6) is 11.5 Å². The number of fused-ring (bicyclic) bond motifs is 1. The Hall–Kier alpha value is -1.22. The van der Waals surface area contributed by atoms with E-state index >= 15 is 0 Å². The SMILES string of the molecule is CC(CCc1ccc2c(c1)OCO2)NCCC(C)(C)C. The fraction of sp³-hybridized carbons (Fsp3) is 0.647. The summed E-state index contributed by atoms with van der Waals surface area (Å²) in [6, 6.07) is 6.79. The second kappa shape index (κ2) is 6.49. The molecule has 1 heterocycles. The Bertz CT molecular complexity index is 437. The van der Waals surface area contributed by atoms with Crippen molar-refractivity contribution >= 4 is 0 Å². The monoisotopic (exact) mass is 277 g/mol. The topological polar surface area (TPSA) is 30.5 Å². The highest BCUT2D eigenvalue weighted by Crippen LogP contribution is 2.32. The van der Waals surface area contributed by atoms with Gasteiger partial charge < -0.3 is 14.8 Å². The molecule has 20 heavy (non-hydrogen) atoms. The van der Waals surface area contributed by atoms with E-state index in [4.69, 9.17) is 9.47 Å². The minimum Gasteiger partial charge on any atom is -0.454 e. The number of rotatable bonds is 6. The van der Waals surface area contributed by atoms with Crippen molar-refractivity contribution in [2.24, 2.45) is 5.41 Å². The second-order valence-electron chi connectivity index (χ2n) is 6.89. The molecule has 1 aromatic carbocycles. The lowest BCUT2D eigenvalue weighted by atomic mass is 9.92. The van der Waals surface area contributed by atoms with Crippen LogP contribution in [0.4, 0.5) is 0 Å². The van der Waals surface area contributed by atoms with Crippen LogP contribution in [-0.2, 0) is 6.42 Å². The molecule has 3 heteroatoms. The summed E-state index contributed by atoms with van der Waals surface area (Å²) < 4.78 is 10.7. The lowest BCUT2D eigenvalue weighted by Gasteiger charge is -2.20. The lowest BCUT2D eigenvalue weighted by Crippen LogP contribution is -2.29.